The van der Waals surface area contributed by atoms with Crippen LogP contribution in [0.4, 0.5) is 11.4 Å². The van der Waals surface area contributed by atoms with Gasteiger partial charge in [0.15, 0.2) is 0 Å². The van der Waals surface area contributed by atoms with Gasteiger partial charge in [-0.05, 0) is 43.7 Å². The Balaban J connectivity index is 2.06. The number of halogens is 1. The fraction of sp³-hybridized carbons (Fsp3) is 0.235. The van der Waals surface area contributed by atoms with Crippen LogP contribution in [0, 0.1) is 6.92 Å². The third-order valence-corrected chi connectivity index (χ3v) is 3.56. The van der Waals surface area contributed by atoms with Crippen LogP contribution in [0.2, 0.25) is 5.02 Å². The monoisotopic (exact) mass is 302 g/mol. The van der Waals surface area contributed by atoms with E-state index < -0.39 is 0 Å². The molecule has 110 valence electrons. The summed E-state index contributed by atoms with van der Waals surface area (Å²) in [4.78, 5) is 14.2. The van der Waals surface area contributed by atoms with Crippen molar-refractivity contribution in [3.05, 3.63) is 59.1 Å². The highest BCUT2D eigenvalue weighted by atomic mass is 35.5. The molecular weight excluding hydrogens is 284 g/mol. The quantitative estimate of drug-likeness (QED) is 0.901. The minimum absolute atomic E-state index is 0.0167. The summed E-state index contributed by atoms with van der Waals surface area (Å²) in [5.74, 6) is 0.0167. The first kappa shape index (κ1) is 15.4. The fourth-order valence-electron chi connectivity index (χ4n) is 2.17. The van der Waals surface area contributed by atoms with Crippen molar-refractivity contribution >= 4 is 28.9 Å². The lowest BCUT2D eigenvalue weighted by Crippen LogP contribution is -2.35. The SMILES string of the molecule is CCN(C(=O)CNc1ccccc1Cl)c1cccc(C)c1. The number of carbonyl (C=O) groups excluding carboxylic acids is 1. The number of hydrogen-bond donors (Lipinski definition) is 1. The van der Waals surface area contributed by atoms with Gasteiger partial charge in [0, 0.05) is 12.2 Å². The molecule has 0 saturated heterocycles. The zero-order chi connectivity index (χ0) is 15.2. The predicted molar refractivity (Wildman–Crippen MR) is 89.1 cm³/mol. The van der Waals surface area contributed by atoms with Crippen LogP contribution in [0.1, 0.15) is 12.5 Å². The molecule has 4 heteroatoms. The van der Waals surface area contributed by atoms with Crippen molar-refractivity contribution in [3.63, 3.8) is 0 Å². The molecule has 3 nitrogen and oxygen atoms in total. The van der Waals surface area contributed by atoms with Gasteiger partial charge in [-0.3, -0.25) is 4.79 Å². The highest BCUT2D eigenvalue weighted by molar-refractivity contribution is 6.33. The van der Waals surface area contributed by atoms with Gasteiger partial charge in [-0.15, -0.1) is 0 Å². The van der Waals surface area contributed by atoms with E-state index in [1.165, 1.54) is 0 Å². The van der Waals surface area contributed by atoms with Gasteiger partial charge in [-0.2, -0.15) is 0 Å². The van der Waals surface area contributed by atoms with E-state index in [-0.39, 0.29) is 12.5 Å². The number of nitrogens with one attached hydrogen (secondary N) is 1. The van der Waals surface area contributed by atoms with Crippen LogP contribution in [-0.4, -0.2) is 19.0 Å². The predicted octanol–water partition coefficient (Wildman–Crippen LogP) is 4.11. The number of aryl methyl sites for hydroxylation is 1. The molecule has 0 aliphatic carbocycles. The zero-order valence-electron chi connectivity index (χ0n) is 12.3. The number of amides is 1. The number of para-hydroxylation sites is 1. The van der Waals surface area contributed by atoms with Crippen molar-refractivity contribution in [1.29, 1.82) is 0 Å². The second-order valence-corrected chi connectivity index (χ2v) is 5.22. The summed E-state index contributed by atoms with van der Waals surface area (Å²) in [6.45, 7) is 4.83. The number of carbonyl (C=O) groups is 1. The zero-order valence-corrected chi connectivity index (χ0v) is 13.0. The molecule has 2 rings (SSSR count). The van der Waals surface area contributed by atoms with Crippen LogP contribution in [0.15, 0.2) is 48.5 Å². The first-order valence-electron chi connectivity index (χ1n) is 6.97. The molecule has 0 aliphatic rings. The largest absolute Gasteiger partial charge is 0.375 e. The maximum atomic E-state index is 12.4. The van der Waals surface area contributed by atoms with Crippen molar-refractivity contribution in [1.82, 2.24) is 0 Å². The second-order valence-electron chi connectivity index (χ2n) is 4.81. The Bertz CT molecular complexity index is 628. The summed E-state index contributed by atoms with van der Waals surface area (Å²) in [6, 6.07) is 15.3. The van der Waals surface area contributed by atoms with E-state index in [9.17, 15) is 4.79 Å². The minimum Gasteiger partial charge on any atom is -0.375 e. The molecule has 1 N–H and O–H groups in total. The molecule has 0 fully saturated rings. The Labute approximate surface area is 130 Å². The topological polar surface area (TPSA) is 32.3 Å². The van der Waals surface area contributed by atoms with Gasteiger partial charge in [-0.25, -0.2) is 0 Å². The summed E-state index contributed by atoms with van der Waals surface area (Å²) >= 11 is 6.07. The van der Waals surface area contributed by atoms with Crippen LogP contribution in [0.25, 0.3) is 0 Å². The first-order chi connectivity index (χ1) is 10.1. The van der Waals surface area contributed by atoms with Crippen LogP contribution < -0.4 is 10.2 Å². The molecular formula is C17H19ClN2O. The van der Waals surface area contributed by atoms with Crippen LogP contribution in [0.3, 0.4) is 0 Å². The Morgan fingerprint density at radius 2 is 1.95 bits per heavy atom. The normalized spacial score (nSPS) is 10.2. The van der Waals surface area contributed by atoms with Gasteiger partial charge in [-0.1, -0.05) is 35.9 Å². The van der Waals surface area contributed by atoms with Crippen molar-refractivity contribution in [2.75, 3.05) is 23.3 Å². The van der Waals surface area contributed by atoms with E-state index in [1.807, 2.05) is 56.3 Å². The Hall–Kier alpha value is -2.00. The third kappa shape index (κ3) is 3.99. The number of anilines is 2. The molecule has 1 amide bonds. The average Bonchev–Trinajstić information content (AvgIpc) is 2.47. The molecule has 0 unspecified atom stereocenters. The van der Waals surface area contributed by atoms with E-state index in [4.69, 9.17) is 11.6 Å². The summed E-state index contributed by atoms with van der Waals surface area (Å²) in [7, 11) is 0. The van der Waals surface area contributed by atoms with E-state index in [0.717, 1.165) is 16.9 Å². The van der Waals surface area contributed by atoms with Crippen LogP contribution in [-0.2, 0) is 4.79 Å². The lowest BCUT2D eigenvalue weighted by Gasteiger charge is -2.22. The first-order valence-corrected chi connectivity index (χ1v) is 7.35. The highest BCUT2D eigenvalue weighted by Gasteiger charge is 2.14. The van der Waals surface area contributed by atoms with Crippen molar-refractivity contribution < 1.29 is 4.79 Å². The van der Waals surface area contributed by atoms with Crippen LogP contribution in [0.5, 0.6) is 0 Å². The van der Waals surface area contributed by atoms with Gasteiger partial charge < -0.3 is 10.2 Å². The van der Waals surface area contributed by atoms with Gasteiger partial charge in [0.05, 0.1) is 17.3 Å². The maximum absolute atomic E-state index is 12.4. The van der Waals surface area contributed by atoms with Gasteiger partial charge in [0.1, 0.15) is 0 Å². The molecule has 0 bridgehead atoms. The average molecular weight is 303 g/mol. The van der Waals surface area contributed by atoms with E-state index in [2.05, 4.69) is 5.32 Å². The smallest absolute Gasteiger partial charge is 0.246 e. The van der Waals surface area contributed by atoms with Crippen molar-refractivity contribution in [3.8, 4) is 0 Å². The Kier molecular flexibility index (Phi) is 5.23. The Morgan fingerprint density at radius 1 is 1.19 bits per heavy atom. The highest BCUT2D eigenvalue weighted by Crippen LogP contribution is 2.21. The van der Waals surface area contributed by atoms with Crippen LogP contribution >= 0.6 is 11.6 Å². The number of hydrogen-bond acceptors (Lipinski definition) is 2. The van der Waals surface area contributed by atoms with Crippen molar-refractivity contribution in [2.24, 2.45) is 0 Å². The summed E-state index contributed by atoms with van der Waals surface area (Å²) in [6.07, 6.45) is 0. The van der Waals surface area contributed by atoms with Gasteiger partial charge in [0.2, 0.25) is 5.91 Å². The molecule has 0 radical (unpaired) electrons. The summed E-state index contributed by atoms with van der Waals surface area (Å²) in [5, 5.41) is 3.70. The number of rotatable bonds is 5. The number of benzene rings is 2. The lowest BCUT2D eigenvalue weighted by atomic mass is 10.2. The maximum Gasteiger partial charge on any atom is 0.246 e. The molecule has 0 atom stereocenters. The molecule has 21 heavy (non-hydrogen) atoms. The Morgan fingerprint density at radius 3 is 2.62 bits per heavy atom. The van der Waals surface area contributed by atoms with E-state index in [1.54, 1.807) is 11.0 Å². The molecule has 0 spiro atoms. The molecule has 0 aromatic heterocycles. The standard InChI is InChI=1S/C17H19ClN2O/c1-3-20(14-8-6-7-13(2)11-14)17(21)12-19-16-10-5-4-9-15(16)18/h4-11,19H,3,12H2,1-2H3. The second kappa shape index (κ2) is 7.14. The van der Waals surface area contributed by atoms with Crippen molar-refractivity contribution in [2.45, 2.75) is 13.8 Å². The molecule has 0 aliphatic heterocycles. The number of likely N-dealkylation sites (N-methyl/N-ethyl adjacent to an activating group) is 1. The minimum atomic E-state index is 0.0167. The summed E-state index contributed by atoms with van der Waals surface area (Å²) < 4.78 is 0. The number of nitrogens with zero attached hydrogens (tertiary/aromatic N) is 1. The van der Waals surface area contributed by atoms with E-state index >= 15 is 0 Å². The fourth-order valence-corrected chi connectivity index (χ4v) is 2.37. The summed E-state index contributed by atoms with van der Waals surface area (Å²) in [5.41, 5.74) is 2.83. The third-order valence-electron chi connectivity index (χ3n) is 3.23. The molecule has 2 aromatic rings. The molecule has 2 aromatic carbocycles. The van der Waals surface area contributed by atoms with E-state index in [0.29, 0.717) is 11.6 Å². The molecule has 0 saturated carbocycles. The van der Waals surface area contributed by atoms with Gasteiger partial charge >= 0.3 is 0 Å². The molecule has 0 heterocycles. The lowest BCUT2D eigenvalue weighted by molar-refractivity contribution is -0.116. The van der Waals surface area contributed by atoms with Gasteiger partial charge in [0.25, 0.3) is 0 Å².